The average molecular weight is 1450 g/mol. The second-order valence-corrected chi connectivity index (χ2v) is 26.3. The molecule has 3 saturated heterocycles. The molecule has 107 heavy (non-hydrogen) atoms. The minimum atomic E-state index is -1.51. The Bertz CT molecular complexity index is 4170. The van der Waals surface area contributed by atoms with Gasteiger partial charge in [0.2, 0.25) is 0 Å². The van der Waals surface area contributed by atoms with Crippen LogP contribution in [0.1, 0.15) is 65.2 Å². The molecule has 3 fully saturated rings. The highest BCUT2D eigenvalue weighted by atomic mass is 16.8. The number of hydrogen-bond donors (Lipinski definition) is 0. The van der Waals surface area contributed by atoms with Gasteiger partial charge in [0.05, 0.1) is 83.8 Å². The summed E-state index contributed by atoms with van der Waals surface area (Å²) in [5.74, 6) is -1.34. The first-order chi connectivity index (χ1) is 52.8. The molecule has 0 radical (unpaired) electrons. The van der Waals surface area contributed by atoms with E-state index in [1.165, 1.54) is 7.11 Å². The Morgan fingerprint density at radius 2 is 0.505 bits per heavy atom. The SMILES string of the molecule is CO[C@H]1O[C@H](CO[C@H]2O[C@H](COCc3ccccc3)[C@@H](OCc3ccccc3)[C@H](OCc3ccccc3)[C@@H]2OC(=O)c2ccccc2)[C@@H](OCc2ccccc2)[C@H](O[C@H]2O[C@H](COCc3ccccc3)[C@@H](OCc3ccccc3)[C@H](OCc3ccccc3)[C@@H]2OC(=O)c2ccccc2)[C@@H]1OCc1ccccc1. The summed E-state index contributed by atoms with van der Waals surface area (Å²) in [4.78, 5) is 29.9. The maximum atomic E-state index is 15.1. The van der Waals surface area contributed by atoms with Gasteiger partial charge in [-0.25, -0.2) is 9.59 Å². The number of hydrogen-bond acceptors (Lipinski definition) is 18. The molecule has 10 aromatic rings. The van der Waals surface area contributed by atoms with E-state index in [1.54, 1.807) is 48.5 Å². The van der Waals surface area contributed by atoms with Crippen molar-refractivity contribution < 1.29 is 85.4 Å². The zero-order valence-electron chi connectivity index (χ0n) is 59.7. The molecular formula is C89H90O18. The van der Waals surface area contributed by atoms with E-state index in [9.17, 15) is 4.79 Å². The summed E-state index contributed by atoms with van der Waals surface area (Å²) in [5.41, 5.74) is 7.53. The number of ether oxygens (including phenoxy) is 16. The third kappa shape index (κ3) is 21.7. The van der Waals surface area contributed by atoms with Gasteiger partial charge in [-0.2, -0.15) is 0 Å². The summed E-state index contributed by atoms with van der Waals surface area (Å²) in [6.45, 7) is 0.593. The van der Waals surface area contributed by atoms with Gasteiger partial charge < -0.3 is 75.8 Å². The average Bonchev–Trinajstić information content (AvgIpc) is 0.772. The molecule has 3 heterocycles. The molecule has 10 aromatic carbocycles. The molecular weight excluding hydrogens is 1360 g/mol. The Balaban J connectivity index is 0.909. The predicted octanol–water partition coefficient (Wildman–Crippen LogP) is 14.6. The summed E-state index contributed by atoms with van der Waals surface area (Å²) >= 11 is 0. The Kier molecular flexibility index (Phi) is 28.3. The fourth-order valence-electron chi connectivity index (χ4n) is 13.2. The molecule has 0 aromatic heterocycles. The highest BCUT2D eigenvalue weighted by Gasteiger charge is 2.57. The van der Waals surface area contributed by atoms with E-state index in [0.29, 0.717) is 0 Å². The molecule has 3 aliphatic heterocycles. The van der Waals surface area contributed by atoms with Crippen LogP contribution in [0.5, 0.6) is 0 Å². The largest absolute Gasteiger partial charge is 0.450 e. The van der Waals surface area contributed by atoms with E-state index in [4.69, 9.17) is 75.8 Å². The molecule has 13 rings (SSSR count). The summed E-state index contributed by atoms with van der Waals surface area (Å²) < 4.78 is 112. The number of esters is 2. The summed E-state index contributed by atoms with van der Waals surface area (Å²) in [6, 6.07) is 95.4. The van der Waals surface area contributed by atoms with Crippen LogP contribution >= 0.6 is 0 Å². The Morgan fingerprint density at radius 1 is 0.252 bits per heavy atom. The molecule has 0 amide bonds. The maximum absolute atomic E-state index is 15.1. The van der Waals surface area contributed by atoms with Crippen molar-refractivity contribution in [1.82, 2.24) is 0 Å². The standard InChI is InChI=1S/C89H90O18/c1-92-87-82(100-59-70-46-26-9-27-47-70)81(107-89-84(106-86(91)72-50-30-11-31-51-72)80(99-58-69-44-24-8-25-45-69)77(96-55-66-38-18-5-19-39-66)74(104-89)61-94-53-64-34-14-3-15-35-64)78(97-56-67-40-20-6-21-41-67)75(102-87)62-101-88-83(105-85(90)71-48-28-10-29-49-71)79(98-57-68-42-22-7-23-43-68)76(95-54-65-36-16-4-17-37-65)73(103-88)60-93-52-63-32-12-2-13-33-63/h2-51,73-84,87-89H,52-62H2,1H3/t73-,74-,75-,76-,77-,78-,79+,80+,81+,82+,83+,84+,87+,88+,89-/m1/s1. The quantitative estimate of drug-likeness (QED) is 0.0338. The van der Waals surface area contributed by atoms with Crippen molar-refractivity contribution in [3.63, 3.8) is 0 Å². The molecule has 0 spiro atoms. The van der Waals surface area contributed by atoms with Crippen LogP contribution in [0.4, 0.5) is 0 Å². The van der Waals surface area contributed by atoms with Crippen molar-refractivity contribution in [2.75, 3.05) is 26.9 Å². The van der Waals surface area contributed by atoms with Gasteiger partial charge in [-0.05, 0) is 68.8 Å². The minimum absolute atomic E-state index is 0.00645. The molecule has 0 N–H and O–H groups in total. The number of carbonyl (C=O) groups is 2. The van der Waals surface area contributed by atoms with Gasteiger partial charge in [0.15, 0.2) is 31.1 Å². The zero-order chi connectivity index (χ0) is 73.0. The predicted molar refractivity (Wildman–Crippen MR) is 397 cm³/mol. The first kappa shape index (κ1) is 75.8. The Morgan fingerprint density at radius 3 is 0.832 bits per heavy atom. The van der Waals surface area contributed by atoms with E-state index < -0.39 is 104 Å². The number of methoxy groups -OCH3 is 1. The highest BCUT2D eigenvalue weighted by molar-refractivity contribution is 5.90. The molecule has 0 aliphatic carbocycles. The number of rotatable bonds is 36. The molecule has 18 heteroatoms. The molecule has 0 unspecified atom stereocenters. The first-order valence-corrected chi connectivity index (χ1v) is 36.3. The zero-order valence-corrected chi connectivity index (χ0v) is 59.7. The van der Waals surface area contributed by atoms with E-state index in [-0.39, 0.29) is 83.8 Å². The van der Waals surface area contributed by atoms with Gasteiger partial charge in [0, 0.05) is 7.11 Å². The molecule has 0 saturated carbocycles. The lowest BCUT2D eigenvalue weighted by Gasteiger charge is -2.50. The smallest absolute Gasteiger partial charge is 0.338 e. The Labute approximate surface area is 625 Å². The van der Waals surface area contributed by atoms with Crippen LogP contribution in [0.3, 0.4) is 0 Å². The normalized spacial score (nSPS) is 24.3. The van der Waals surface area contributed by atoms with E-state index in [1.807, 2.05) is 255 Å². The fraction of sp³-hybridized carbons (Fsp3) is 0.303. The molecule has 0 bridgehead atoms. The number of carbonyl (C=O) groups excluding carboxylic acids is 2. The minimum Gasteiger partial charge on any atom is -0.450 e. The van der Waals surface area contributed by atoms with Crippen LogP contribution in [0.2, 0.25) is 0 Å². The van der Waals surface area contributed by atoms with Gasteiger partial charge in [-0.3, -0.25) is 0 Å². The fourth-order valence-corrected chi connectivity index (χ4v) is 13.2. The van der Waals surface area contributed by atoms with Crippen LogP contribution in [0.25, 0.3) is 0 Å². The monoisotopic (exact) mass is 1450 g/mol. The Hall–Kier alpha value is -9.42. The van der Waals surface area contributed by atoms with Gasteiger partial charge in [0.25, 0.3) is 0 Å². The van der Waals surface area contributed by atoms with Crippen molar-refractivity contribution in [3.8, 4) is 0 Å². The van der Waals surface area contributed by atoms with Gasteiger partial charge >= 0.3 is 11.9 Å². The highest BCUT2D eigenvalue weighted by Crippen LogP contribution is 2.39. The third-order valence-electron chi connectivity index (χ3n) is 18.7. The maximum Gasteiger partial charge on any atom is 0.338 e. The van der Waals surface area contributed by atoms with Crippen LogP contribution in [-0.4, -0.2) is 131 Å². The van der Waals surface area contributed by atoms with Crippen LogP contribution < -0.4 is 0 Å². The summed E-state index contributed by atoms with van der Waals surface area (Å²) in [5, 5.41) is 0. The van der Waals surface area contributed by atoms with E-state index in [0.717, 1.165) is 44.5 Å². The topological polar surface area (TPSA) is 182 Å². The second-order valence-electron chi connectivity index (χ2n) is 26.3. The van der Waals surface area contributed by atoms with E-state index >= 15 is 4.79 Å². The van der Waals surface area contributed by atoms with Crippen LogP contribution in [0.15, 0.2) is 303 Å². The van der Waals surface area contributed by atoms with Crippen molar-refractivity contribution in [3.05, 3.63) is 359 Å². The lowest BCUT2D eigenvalue weighted by Crippen LogP contribution is -2.67. The van der Waals surface area contributed by atoms with Crippen molar-refractivity contribution >= 4 is 11.9 Å². The lowest BCUT2D eigenvalue weighted by atomic mass is 9.95. The van der Waals surface area contributed by atoms with Gasteiger partial charge in [0.1, 0.15) is 61.0 Å². The van der Waals surface area contributed by atoms with Crippen LogP contribution in [-0.2, 0) is 129 Å². The lowest BCUT2D eigenvalue weighted by molar-refractivity contribution is -0.377. The summed E-state index contributed by atoms with van der Waals surface area (Å²) in [6.07, 6.45) is -17.5. The summed E-state index contributed by atoms with van der Waals surface area (Å²) in [7, 11) is 1.51. The molecule has 3 aliphatic rings. The second kappa shape index (κ2) is 40.0. The van der Waals surface area contributed by atoms with Crippen molar-refractivity contribution in [2.24, 2.45) is 0 Å². The van der Waals surface area contributed by atoms with Crippen molar-refractivity contribution in [1.29, 1.82) is 0 Å². The van der Waals surface area contributed by atoms with Gasteiger partial charge in [-0.1, -0.05) is 279 Å². The van der Waals surface area contributed by atoms with E-state index in [2.05, 4.69) is 0 Å². The molecule has 554 valence electrons. The van der Waals surface area contributed by atoms with Crippen LogP contribution in [0, 0.1) is 0 Å². The first-order valence-electron chi connectivity index (χ1n) is 36.3. The molecule has 15 atom stereocenters. The molecule has 18 nitrogen and oxygen atoms in total. The number of benzene rings is 10. The van der Waals surface area contributed by atoms with Gasteiger partial charge in [-0.15, -0.1) is 0 Å². The van der Waals surface area contributed by atoms with Crippen molar-refractivity contribution in [2.45, 2.75) is 145 Å². The third-order valence-corrected chi connectivity index (χ3v) is 18.7.